The Labute approximate surface area is 153 Å². The molecule has 138 valence electrons. The van der Waals surface area contributed by atoms with Crippen LogP contribution in [0.25, 0.3) is 0 Å². The molecule has 2 aromatic heterocycles. The van der Waals surface area contributed by atoms with Crippen molar-refractivity contribution in [2.24, 2.45) is 0 Å². The lowest BCUT2D eigenvalue weighted by Crippen LogP contribution is -2.49. The second kappa shape index (κ2) is 8.55. The second-order valence-corrected chi connectivity index (χ2v) is 6.36. The van der Waals surface area contributed by atoms with Crippen LogP contribution in [-0.2, 0) is 0 Å². The monoisotopic (exact) mass is 355 g/mol. The molecule has 2 aromatic rings. The average molecular weight is 355 g/mol. The van der Waals surface area contributed by atoms with Gasteiger partial charge in [0.2, 0.25) is 5.95 Å². The first kappa shape index (κ1) is 18.0. The van der Waals surface area contributed by atoms with Crippen LogP contribution in [0.1, 0.15) is 30.3 Å². The number of hydrogen-bond donors (Lipinski definition) is 0. The standard InChI is InChI=1S/C18H25N7O/c1-3-4-8-23(2)16-14-21-15(13-22-16)17(26)24-9-11-25(12-10-24)18-19-6-5-7-20-18/h5-7,13-14H,3-4,8-12H2,1-2H3. The van der Waals surface area contributed by atoms with Crippen LogP contribution >= 0.6 is 0 Å². The van der Waals surface area contributed by atoms with Gasteiger partial charge >= 0.3 is 0 Å². The van der Waals surface area contributed by atoms with E-state index in [0.717, 1.165) is 25.2 Å². The molecule has 0 atom stereocenters. The number of rotatable bonds is 6. The minimum atomic E-state index is -0.0751. The van der Waals surface area contributed by atoms with Gasteiger partial charge in [-0.1, -0.05) is 13.3 Å². The van der Waals surface area contributed by atoms with Crippen molar-refractivity contribution in [2.45, 2.75) is 19.8 Å². The van der Waals surface area contributed by atoms with E-state index >= 15 is 0 Å². The molecule has 8 heteroatoms. The highest BCUT2D eigenvalue weighted by molar-refractivity contribution is 5.92. The molecular formula is C18H25N7O. The van der Waals surface area contributed by atoms with E-state index in [0.29, 0.717) is 37.8 Å². The number of carbonyl (C=O) groups excluding carboxylic acids is 1. The summed E-state index contributed by atoms with van der Waals surface area (Å²) < 4.78 is 0. The molecule has 0 bridgehead atoms. The number of anilines is 2. The molecule has 3 rings (SSSR count). The predicted octanol–water partition coefficient (Wildman–Crippen LogP) is 1.47. The van der Waals surface area contributed by atoms with Crippen molar-refractivity contribution in [1.82, 2.24) is 24.8 Å². The van der Waals surface area contributed by atoms with E-state index in [-0.39, 0.29) is 5.91 Å². The normalized spacial score (nSPS) is 14.4. The molecule has 0 unspecified atom stereocenters. The van der Waals surface area contributed by atoms with Crippen LogP contribution in [0, 0.1) is 0 Å². The van der Waals surface area contributed by atoms with E-state index in [1.165, 1.54) is 0 Å². The Bertz CT molecular complexity index is 699. The molecule has 1 saturated heterocycles. The highest BCUT2D eigenvalue weighted by Gasteiger charge is 2.24. The van der Waals surface area contributed by atoms with Crippen LogP contribution in [0.5, 0.6) is 0 Å². The molecule has 8 nitrogen and oxygen atoms in total. The Morgan fingerprint density at radius 1 is 1.08 bits per heavy atom. The van der Waals surface area contributed by atoms with Gasteiger partial charge in [-0.3, -0.25) is 4.79 Å². The van der Waals surface area contributed by atoms with Crippen LogP contribution in [-0.4, -0.2) is 70.5 Å². The Balaban J connectivity index is 1.56. The number of nitrogens with zero attached hydrogens (tertiary/aromatic N) is 7. The van der Waals surface area contributed by atoms with Crippen LogP contribution in [0.4, 0.5) is 11.8 Å². The third-order valence-electron chi connectivity index (χ3n) is 4.50. The fourth-order valence-corrected chi connectivity index (χ4v) is 2.86. The van der Waals surface area contributed by atoms with Crippen LogP contribution in [0.15, 0.2) is 30.9 Å². The fourth-order valence-electron chi connectivity index (χ4n) is 2.86. The molecule has 0 radical (unpaired) electrons. The van der Waals surface area contributed by atoms with Gasteiger partial charge < -0.3 is 14.7 Å². The van der Waals surface area contributed by atoms with Gasteiger partial charge in [-0.2, -0.15) is 0 Å². The van der Waals surface area contributed by atoms with Crippen LogP contribution in [0.3, 0.4) is 0 Å². The number of carbonyl (C=O) groups is 1. The molecule has 0 aliphatic carbocycles. The van der Waals surface area contributed by atoms with Crippen molar-refractivity contribution in [3.05, 3.63) is 36.5 Å². The van der Waals surface area contributed by atoms with Gasteiger partial charge in [0.25, 0.3) is 5.91 Å². The first-order valence-corrected chi connectivity index (χ1v) is 9.03. The smallest absolute Gasteiger partial charge is 0.274 e. The summed E-state index contributed by atoms with van der Waals surface area (Å²) in [6, 6.07) is 1.80. The second-order valence-electron chi connectivity index (χ2n) is 6.36. The summed E-state index contributed by atoms with van der Waals surface area (Å²) in [6.45, 7) is 5.75. The van der Waals surface area contributed by atoms with Crippen molar-refractivity contribution < 1.29 is 4.79 Å². The van der Waals surface area contributed by atoms with Gasteiger partial charge in [-0.15, -0.1) is 0 Å². The molecule has 0 aromatic carbocycles. The number of piperazine rings is 1. The molecule has 1 amide bonds. The minimum Gasteiger partial charge on any atom is -0.358 e. The first-order valence-electron chi connectivity index (χ1n) is 9.03. The van der Waals surface area contributed by atoms with E-state index in [9.17, 15) is 4.79 Å². The number of hydrogen-bond acceptors (Lipinski definition) is 7. The van der Waals surface area contributed by atoms with Crippen molar-refractivity contribution >= 4 is 17.7 Å². The van der Waals surface area contributed by atoms with Gasteiger partial charge in [0, 0.05) is 52.2 Å². The molecular weight excluding hydrogens is 330 g/mol. The van der Waals surface area contributed by atoms with Crippen molar-refractivity contribution in [3.63, 3.8) is 0 Å². The summed E-state index contributed by atoms with van der Waals surface area (Å²) in [4.78, 5) is 35.9. The van der Waals surface area contributed by atoms with Gasteiger partial charge in [0.15, 0.2) is 0 Å². The first-order chi connectivity index (χ1) is 12.7. The number of unbranched alkanes of at least 4 members (excludes halogenated alkanes) is 1. The Hall–Kier alpha value is -2.77. The Kier molecular flexibility index (Phi) is 5.93. The fraction of sp³-hybridized carbons (Fsp3) is 0.500. The van der Waals surface area contributed by atoms with Crippen molar-refractivity contribution in [3.8, 4) is 0 Å². The van der Waals surface area contributed by atoms with E-state index in [4.69, 9.17) is 0 Å². The zero-order valence-corrected chi connectivity index (χ0v) is 15.4. The summed E-state index contributed by atoms with van der Waals surface area (Å²) >= 11 is 0. The predicted molar refractivity (Wildman–Crippen MR) is 100 cm³/mol. The lowest BCUT2D eigenvalue weighted by molar-refractivity contribution is 0.0740. The largest absolute Gasteiger partial charge is 0.358 e. The van der Waals surface area contributed by atoms with Crippen molar-refractivity contribution in [1.29, 1.82) is 0 Å². The third-order valence-corrected chi connectivity index (χ3v) is 4.50. The average Bonchev–Trinajstić information content (AvgIpc) is 2.72. The summed E-state index contributed by atoms with van der Waals surface area (Å²) in [5, 5.41) is 0. The Morgan fingerprint density at radius 2 is 1.81 bits per heavy atom. The summed E-state index contributed by atoms with van der Waals surface area (Å²) in [7, 11) is 1.99. The van der Waals surface area contributed by atoms with E-state index < -0.39 is 0 Å². The SMILES string of the molecule is CCCCN(C)c1cnc(C(=O)N2CCN(c3ncccn3)CC2)cn1. The summed E-state index contributed by atoms with van der Waals surface area (Å²) in [6.07, 6.45) is 8.95. The molecule has 1 aliphatic rings. The van der Waals surface area contributed by atoms with E-state index in [1.54, 1.807) is 30.9 Å². The Morgan fingerprint density at radius 3 is 2.42 bits per heavy atom. The van der Waals surface area contributed by atoms with Gasteiger partial charge in [-0.05, 0) is 12.5 Å². The summed E-state index contributed by atoms with van der Waals surface area (Å²) in [5.41, 5.74) is 0.391. The van der Waals surface area contributed by atoms with Crippen LogP contribution < -0.4 is 9.80 Å². The van der Waals surface area contributed by atoms with Crippen LogP contribution in [0.2, 0.25) is 0 Å². The number of amides is 1. The molecule has 0 spiro atoms. The maximum absolute atomic E-state index is 12.7. The van der Waals surface area contributed by atoms with E-state index in [2.05, 4.69) is 36.7 Å². The lowest BCUT2D eigenvalue weighted by atomic mass is 10.3. The lowest BCUT2D eigenvalue weighted by Gasteiger charge is -2.34. The topological polar surface area (TPSA) is 78.4 Å². The minimum absolute atomic E-state index is 0.0751. The zero-order chi connectivity index (χ0) is 18.4. The van der Waals surface area contributed by atoms with E-state index in [1.807, 2.05) is 11.9 Å². The molecule has 0 saturated carbocycles. The molecule has 3 heterocycles. The van der Waals surface area contributed by atoms with Gasteiger partial charge in [-0.25, -0.2) is 19.9 Å². The quantitative estimate of drug-likeness (QED) is 0.776. The number of aromatic nitrogens is 4. The third kappa shape index (κ3) is 4.25. The van der Waals surface area contributed by atoms with Gasteiger partial charge in [0.05, 0.1) is 12.4 Å². The molecule has 1 aliphatic heterocycles. The van der Waals surface area contributed by atoms with Crippen molar-refractivity contribution in [2.75, 3.05) is 49.6 Å². The zero-order valence-electron chi connectivity index (χ0n) is 15.4. The maximum atomic E-state index is 12.7. The highest BCUT2D eigenvalue weighted by atomic mass is 16.2. The molecule has 1 fully saturated rings. The maximum Gasteiger partial charge on any atom is 0.274 e. The van der Waals surface area contributed by atoms with Gasteiger partial charge in [0.1, 0.15) is 11.5 Å². The summed E-state index contributed by atoms with van der Waals surface area (Å²) in [5.74, 6) is 1.42. The molecule has 0 N–H and O–H groups in total. The molecule has 26 heavy (non-hydrogen) atoms. The highest BCUT2D eigenvalue weighted by Crippen LogP contribution is 2.13.